The van der Waals surface area contributed by atoms with Crippen LogP contribution in [0.2, 0.25) is 0 Å². The van der Waals surface area contributed by atoms with Crippen LogP contribution in [0.4, 0.5) is 17.1 Å². The van der Waals surface area contributed by atoms with Gasteiger partial charge in [0.15, 0.2) is 0 Å². The Labute approximate surface area is 270 Å². The number of para-hydroxylation sites is 1. The van der Waals surface area contributed by atoms with Crippen molar-refractivity contribution in [2.75, 3.05) is 4.90 Å². The van der Waals surface area contributed by atoms with Crippen molar-refractivity contribution in [2.24, 2.45) is 0 Å². The first-order chi connectivity index (χ1) is 22.8. The molecule has 0 radical (unpaired) electrons. The smallest absolute Gasteiger partial charge is 0.0468 e. The lowest BCUT2D eigenvalue weighted by molar-refractivity contribution is 1.29. The van der Waals surface area contributed by atoms with Gasteiger partial charge in [-0.3, -0.25) is 0 Å². The van der Waals surface area contributed by atoms with E-state index in [2.05, 4.69) is 169 Å². The van der Waals surface area contributed by atoms with Crippen molar-refractivity contribution in [1.82, 2.24) is 0 Å². The Kier molecular flexibility index (Phi) is 5.51. The van der Waals surface area contributed by atoms with Crippen LogP contribution in [0.15, 0.2) is 164 Å². The summed E-state index contributed by atoms with van der Waals surface area (Å²) in [5.74, 6) is 0. The summed E-state index contributed by atoms with van der Waals surface area (Å²) < 4.78 is 2.68. The van der Waals surface area contributed by atoms with Gasteiger partial charge in [0.2, 0.25) is 0 Å². The van der Waals surface area contributed by atoms with Crippen molar-refractivity contribution in [3.63, 3.8) is 0 Å². The molecule has 10 aromatic rings. The van der Waals surface area contributed by atoms with Crippen LogP contribution in [0.25, 0.3) is 74.0 Å². The number of hydrogen-bond acceptors (Lipinski definition) is 2. The molecule has 0 aliphatic carbocycles. The number of rotatable bonds is 3. The van der Waals surface area contributed by atoms with Crippen LogP contribution in [0.1, 0.15) is 0 Å². The Balaban J connectivity index is 1.28. The first-order valence-electron chi connectivity index (χ1n) is 15.8. The molecule has 1 heterocycles. The first-order valence-corrected chi connectivity index (χ1v) is 16.6. The Bertz CT molecular complexity index is 2810. The Hall–Kier alpha value is -5.70. The van der Waals surface area contributed by atoms with Crippen LogP contribution in [0, 0.1) is 0 Å². The third-order valence-corrected chi connectivity index (χ3v) is 10.7. The van der Waals surface area contributed by atoms with Crippen molar-refractivity contribution in [1.29, 1.82) is 0 Å². The molecule has 2 heteroatoms. The fourth-order valence-corrected chi connectivity index (χ4v) is 8.60. The SMILES string of the molecule is c1ccc(N(c2ccc3ccccc3c2)c2ccc3c(c2)c2ccccc2c2cc4sc5ccc6ccccc6c5c4cc32)cc1. The topological polar surface area (TPSA) is 3.24 Å². The molecule has 214 valence electrons. The van der Waals surface area contributed by atoms with Gasteiger partial charge in [-0.1, -0.05) is 109 Å². The molecule has 0 N–H and O–H groups in total. The third kappa shape index (κ3) is 3.81. The standard InChI is InChI=1S/C44H27NS/c1-2-13-31(14-3-1)45(32-20-18-28-10-4-5-12-30(28)24-32)33-21-22-37-38(25-33)35-16-8-9-17-36(35)40-27-43-41(26-39(37)40)44-34-15-7-6-11-29(34)19-23-42(44)46-43/h1-27H. The van der Waals surface area contributed by atoms with Crippen LogP contribution in [-0.2, 0) is 0 Å². The molecule has 1 nitrogen and oxygen atoms in total. The molecule has 46 heavy (non-hydrogen) atoms. The van der Waals surface area contributed by atoms with E-state index in [0.717, 1.165) is 17.1 Å². The van der Waals surface area contributed by atoms with Crippen LogP contribution in [0.3, 0.4) is 0 Å². The third-order valence-electron chi connectivity index (χ3n) is 9.56. The lowest BCUT2D eigenvalue weighted by Gasteiger charge is -2.26. The second-order valence-corrected chi connectivity index (χ2v) is 13.2. The van der Waals surface area contributed by atoms with Crippen molar-refractivity contribution in [2.45, 2.75) is 0 Å². The van der Waals surface area contributed by atoms with Gasteiger partial charge >= 0.3 is 0 Å². The van der Waals surface area contributed by atoms with Gasteiger partial charge in [0.1, 0.15) is 0 Å². The lowest BCUT2D eigenvalue weighted by Crippen LogP contribution is -2.09. The van der Waals surface area contributed by atoms with Gasteiger partial charge in [-0.2, -0.15) is 0 Å². The normalized spacial score (nSPS) is 11.9. The Morgan fingerprint density at radius 2 is 0.891 bits per heavy atom. The largest absolute Gasteiger partial charge is 0.310 e. The molecule has 0 aliphatic rings. The number of fused-ring (bicyclic) bond motifs is 12. The van der Waals surface area contributed by atoms with E-state index in [4.69, 9.17) is 0 Å². The van der Waals surface area contributed by atoms with E-state index in [1.807, 2.05) is 11.3 Å². The van der Waals surface area contributed by atoms with Gasteiger partial charge in [-0.25, -0.2) is 0 Å². The Morgan fingerprint density at radius 3 is 1.72 bits per heavy atom. The fraction of sp³-hybridized carbons (Fsp3) is 0. The van der Waals surface area contributed by atoms with Gasteiger partial charge in [-0.15, -0.1) is 11.3 Å². The summed E-state index contributed by atoms with van der Waals surface area (Å²) in [6.45, 7) is 0. The summed E-state index contributed by atoms with van der Waals surface area (Å²) in [5.41, 5.74) is 3.43. The molecule has 1 aromatic heterocycles. The number of thiophene rings is 1. The van der Waals surface area contributed by atoms with E-state index in [-0.39, 0.29) is 0 Å². The van der Waals surface area contributed by atoms with Gasteiger partial charge < -0.3 is 4.90 Å². The molecular formula is C44H27NS. The molecular weight excluding hydrogens is 575 g/mol. The second-order valence-electron chi connectivity index (χ2n) is 12.1. The summed E-state index contributed by atoms with van der Waals surface area (Å²) in [7, 11) is 0. The average Bonchev–Trinajstić information content (AvgIpc) is 3.50. The maximum Gasteiger partial charge on any atom is 0.0468 e. The zero-order valence-corrected chi connectivity index (χ0v) is 25.8. The number of benzene rings is 9. The van der Waals surface area contributed by atoms with Crippen LogP contribution in [0.5, 0.6) is 0 Å². The van der Waals surface area contributed by atoms with Crippen molar-refractivity contribution in [3.8, 4) is 0 Å². The highest BCUT2D eigenvalue weighted by Gasteiger charge is 2.17. The molecule has 0 saturated carbocycles. The molecule has 0 aliphatic heterocycles. The average molecular weight is 602 g/mol. The van der Waals surface area contributed by atoms with Gasteiger partial charge in [0.25, 0.3) is 0 Å². The highest BCUT2D eigenvalue weighted by Crippen LogP contribution is 2.45. The molecule has 0 bridgehead atoms. The number of anilines is 3. The zero-order chi connectivity index (χ0) is 30.2. The quantitative estimate of drug-likeness (QED) is 0.182. The summed E-state index contributed by atoms with van der Waals surface area (Å²) in [5, 5.41) is 15.5. The van der Waals surface area contributed by atoms with Crippen LogP contribution in [-0.4, -0.2) is 0 Å². The maximum atomic E-state index is 2.46. The van der Waals surface area contributed by atoms with E-state index in [0.29, 0.717) is 0 Å². The minimum absolute atomic E-state index is 1.14. The summed E-state index contributed by atoms with van der Waals surface area (Å²) in [4.78, 5) is 2.38. The van der Waals surface area contributed by atoms with E-state index in [1.54, 1.807) is 0 Å². The second kappa shape index (κ2) is 9.90. The molecule has 0 unspecified atom stereocenters. The van der Waals surface area contributed by atoms with E-state index in [1.165, 1.54) is 74.0 Å². The van der Waals surface area contributed by atoms with Crippen LogP contribution < -0.4 is 4.90 Å². The van der Waals surface area contributed by atoms with E-state index >= 15 is 0 Å². The summed E-state index contributed by atoms with van der Waals surface area (Å²) in [6.07, 6.45) is 0. The number of nitrogens with zero attached hydrogens (tertiary/aromatic N) is 1. The number of hydrogen-bond donors (Lipinski definition) is 0. The van der Waals surface area contributed by atoms with Gasteiger partial charge in [-0.05, 0) is 108 Å². The Morgan fingerprint density at radius 1 is 0.304 bits per heavy atom. The predicted molar refractivity (Wildman–Crippen MR) is 202 cm³/mol. The summed E-state index contributed by atoms with van der Waals surface area (Å²) >= 11 is 1.90. The fourth-order valence-electron chi connectivity index (χ4n) is 7.46. The van der Waals surface area contributed by atoms with Crippen molar-refractivity contribution in [3.05, 3.63) is 164 Å². The highest BCUT2D eigenvalue weighted by molar-refractivity contribution is 7.26. The molecule has 0 saturated heterocycles. The minimum Gasteiger partial charge on any atom is -0.310 e. The van der Waals surface area contributed by atoms with Crippen molar-refractivity contribution < 1.29 is 0 Å². The minimum atomic E-state index is 1.14. The van der Waals surface area contributed by atoms with E-state index in [9.17, 15) is 0 Å². The van der Waals surface area contributed by atoms with Gasteiger partial charge in [0, 0.05) is 37.2 Å². The monoisotopic (exact) mass is 601 g/mol. The first kappa shape index (κ1) is 25.6. The van der Waals surface area contributed by atoms with Crippen molar-refractivity contribution >= 4 is 102 Å². The van der Waals surface area contributed by atoms with Gasteiger partial charge in [0.05, 0.1) is 0 Å². The maximum absolute atomic E-state index is 2.46. The molecule has 0 amide bonds. The predicted octanol–water partition coefficient (Wildman–Crippen LogP) is 13.3. The highest BCUT2D eigenvalue weighted by atomic mass is 32.1. The molecule has 9 aromatic carbocycles. The molecule has 0 fully saturated rings. The molecule has 0 spiro atoms. The molecule has 0 atom stereocenters. The summed E-state index contributed by atoms with van der Waals surface area (Å²) in [6, 6.07) is 60.2. The van der Waals surface area contributed by atoms with Crippen LogP contribution >= 0.6 is 11.3 Å². The lowest BCUT2D eigenvalue weighted by atomic mass is 9.92. The zero-order valence-electron chi connectivity index (χ0n) is 24.9. The van der Waals surface area contributed by atoms with E-state index < -0.39 is 0 Å². The molecule has 10 rings (SSSR count).